The normalized spacial score (nSPS) is 25.0. The Morgan fingerprint density at radius 1 is 1.21 bits per heavy atom. The second-order valence-corrected chi connectivity index (χ2v) is 5.64. The van der Waals surface area contributed by atoms with Crippen LogP contribution in [0.3, 0.4) is 0 Å². The molecule has 0 saturated heterocycles. The van der Waals surface area contributed by atoms with Crippen molar-refractivity contribution in [2.75, 3.05) is 0 Å². The highest BCUT2D eigenvalue weighted by Crippen LogP contribution is 2.39. The maximum Gasteiger partial charge on any atom is 0.105 e. The molecule has 1 aromatic carbocycles. The molecule has 104 valence electrons. The van der Waals surface area contributed by atoms with Gasteiger partial charge in [-0.1, -0.05) is 13.0 Å². The standard InChI is InChI=1S/C17H21F2/c1-4-13-6-8-14(9-7-13)12(3)15-10-5-11(2)16(18)17(15)19/h4-5,10,12-14H,1-2,6-9H2,3H3/q-1. The number of rotatable bonds is 3. The van der Waals surface area contributed by atoms with Gasteiger partial charge in [0, 0.05) is 0 Å². The Kier molecular flexibility index (Phi) is 4.28. The second kappa shape index (κ2) is 5.77. The van der Waals surface area contributed by atoms with Crippen LogP contribution in [0.5, 0.6) is 0 Å². The summed E-state index contributed by atoms with van der Waals surface area (Å²) < 4.78 is 27.6. The van der Waals surface area contributed by atoms with E-state index in [2.05, 4.69) is 13.5 Å². The van der Waals surface area contributed by atoms with Crippen LogP contribution in [0.15, 0.2) is 24.8 Å². The number of hydrogen-bond donors (Lipinski definition) is 0. The smallest absolute Gasteiger partial charge is 0.105 e. The monoisotopic (exact) mass is 263 g/mol. The predicted octanol–water partition coefficient (Wildman–Crippen LogP) is 5.24. The Morgan fingerprint density at radius 2 is 1.84 bits per heavy atom. The zero-order chi connectivity index (χ0) is 14.0. The fourth-order valence-corrected chi connectivity index (χ4v) is 3.09. The first-order valence-corrected chi connectivity index (χ1v) is 6.97. The average molecular weight is 263 g/mol. The summed E-state index contributed by atoms with van der Waals surface area (Å²) in [4.78, 5) is 0. The summed E-state index contributed by atoms with van der Waals surface area (Å²) in [5.74, 6) is -0.441. The van der Waals surface area contributed by atoms with Crippen molar-refractivity contribution in [1.82, 2.24) is 0 Å². The van der Waals surface area contributed by atoms with Crippen LogP contribution >= 0.6 is 0 Å². The first kappa shape index (κ1) is 14.1. The van der Waals surface area contributed by atoms with E-state index in [9.17, 15) is 8.78 Å². The lowest BCUT2D eigenvalue weighted by Gasteiger charge is -2.32. The fraction of sp³-hybridized carbons (Fsp3) is 0.471. The summed E-state index contributed by atoms with van der Waals surface area (Å²) in [5, 5.41) is 0. The highest BCUT2D eigenvalue weighted by atomic mass is 19.2. The van der Waals surface area contributed by atoms with E-state index in [0.29, 0.717) is 17.4 Å². The largest absolute Gasteiger partial charge is 0.281 e. The van der Waals surface area contributed by atoms with Crippen LogP contribution in [0.2, 0.25) is 0 Å². The number of benzene rings is 1. The Labute approximate surface area is 114 Å². The second-order valence-electron chi connectivity index (χ2n) is 5.64. The molecule has 0 aliphatic heterocycles. The lowest BCUT2D eigenvalue weighted by molar-refractivity contribution is 0.274. The zero-order valence-corrected chi connectivity index (χ0v) is 11.5. The third-order valence-electron chi connectivity index (χ3n) is 4.54. The third kappa shape index (κ3) is 2.83. The first-order valence-electron chi connectivity index (χ1n) is 6.97. The lowest BCUT2D eigenvalue weighted by atomic mass is 9.74. The van der Waals surface area contributed by atoms with E-state index in [-0.39, 0.29) is 11.5 Å². The fourth-order valence-electron chi connectivity index (χ4n) is 3.09. The Balaban J connectivity index is 2.14. The van der Waals surface area contributed by atoms with E-state index in [1.807, 2.05) is 13.0 Å². The zero-order valence-electron chi connectivity index (χ0n) is 11.5. The number of allylic oxidation sites excluding steroid dienone is 1. The molecular formula is C17H21F2-. The SMILES string of the molecule is C=CC1CCC(C(C)c2ccc([CH2-])c(F)c2F)CC1. The number of halogens is 2. The van der Waals surface area contributed by atoms with Gasteiger partial charge in [-0.3, -0.25) is 4.39 Å². The molecule has 1 saturated carbocycles. The first-order chi connectivity index (χ1) is 9.04. The molecule has 2 heteroatoms. The molecule has 0 amide bonds. The van der Waals surface area contributed by atoms with Crippen molar-refractivity contribution < 1.29 is 8.78 Å². The van der Waals surface area contributed by atoms with Gasteiger partial charge in [-0.25, -0.2) is 4.39 Å². The van der Waals surface area contributed by atoms with Crippen molar-refractivity contribution >= 4 is 0 Å². The van der Waals surface area contributed by atoms with Crippen molar-refractivity contribution in [3.8, 4) is 0 Å². The molecule has 1 atom stereocenters. The van der Waals surface area contributed by atoms with Gasteiger partial charge in [-0.05, 0) is 49.0 Å². The molecule has 0 bridgehead atoms. The van der Waals surface area contributed by atoms with E-state index >= 15 is 0 Å². The molecule has 0 heterocycles. The maximum atomic E-state index is 14.0. The van der Waals surface area contributed by atoms with Crippen LogP contribution in [0, 0.1) is 30.4 Å². The van der Waals surface area contributed by atoms with E-state index in [4.69, 9.17) is 0 Å². The molecule has 0 N–H and O–H groups in total. The van der Waals surface area contributed by atoms with Gasteiger partial charge in [0.2, 0.25) is 0 Å². The highest BCUT2D eigenvalue weighted by Gasteiger charge is 2.26. The van der Waals surface area contributed by atoms with Gasteiger partial charge < -0.3 is 0 Å². The minimum Gasteiger partial charge on any atom is -0.281 e. The van der Waals surface area contributed by atoms with Gasteiger partial charge in [-0.2, -0.15) is 18.6 Å². The summed E-state index contributed by atoms with van der Waals surface area (Å²) >= 11 is 0. The lowest BCUT2D eigenvalue weighted by Crippen LogP contribution is -2.19. The van der Waals surface area contributed by atoms with Gasteiger partial charge in [0.15, 0.2) is 0 Å². The van der Waals surface area contributed by atoms with Crippen molar-refractivity contribution in [3.05, 3.63) is 54.5 Å². The molecule has 1 unspecified atom stereocenters. The molecule has 19 heavy (non-hydrogen) atoms. The summed E-state index contributed by atoms with van der Waals surface area (Å²) in [6.07, 6.45) is 6.35. The molecule has 1 aliphatic rings. The minimum atomic E-state index is -0.802. The Bertz CT molecular complexity index is 457. The molecule has 1 aromatic rings. The summed E-state index contributed by atoms with van der Waals surface area (Å²) in [6, 6.07) is 3.25. The molecular weight excluding hydrogens is 242 g/mol. The van der Waals surface area contributed by atoms with E-state index in [0.717, 1.165) is 25.7 Å². The summed E-state index contributed by atoms with van der Waals surface area (Å²) in [6.45, 7) is 9.32. The third-order valence-corrected chi connectivity index (χ3v) is 4.54. The topological polar surface area (TPSA) is 0 Å². The van der Waals surface area contributed by atoms with Crippen LogP contribution < -0.4 is 0 Å². The maximum absolute atomic E-state index is 14.0. The number of hydrogen-bond acceptors (Lipinski definition) is 0. The van der Waals surface area contributed by atoms with Crippen LogP contribution in [0.1, 0.15) is 49.7 Å². The molecule has 0 radical (unpaired) electrons. The summed E-state index contributed by atoms with van der Waals surface area (Å²) in [5.41, 5.74) is 0.621. The van der Waals surface area contributed by atoms with Crippen LogP contribution in [-0.4, -0.2) is 0 Å². The van der Waals surface area contributed by atoms with Crippen LogP contribution in [0.4, 0.5) is 8.78 Å². The van der Waals surface area contributed by atoms with Crippen molar-refractivity contribution in [2.24, 2.45) is 11.8 Å². The highest BCUT2D eigenvalue weighted by molar-refractivity contribution is 5.30. The van der Waals surface area contributed by atoms with Gasteiger partial charge in [0.05, 0.1) is 5.82 Å². The quantitative estimate of drug-likeness (QED) is 0.516. The van der Waals surface area contributed by atoms with Gasteiger partial charge in [0.1, 0.15) is 5.82 Å². The Hall–Kier alpha value is -1.31. The van der Waals surface area contributed by atoms with Gasteiger partial charge >= 0.3 is 0 Å². The Morgan fingerprint density at radius 3 is 2.42 bits per heavy atom. The average Bonchev–Trinajstić information content (AvgIpc) is 2.44. The van der Waals surface area contributed by atoms with Gasteiger partial charge in [0.25, 0.3) is 0 Å². The van der Waals surface area contributed by atoms with E-state index < -0.39 is 11.6 Å². The molecule has 1 aliphatic carbocycles. The minimum absolute atomic E-state index is 0.0564. The molecule has 0 spiro atoms. The molecule has 0 nitrogen and oxygen atoms in total. The van der Waals surface area contributed by atoms with Crippen molar-refractivity contribution in [3.63, 3.8) is 0 Å². The molecule has 0 aromatic heterocycles. The van der Waals surface area contributed by atoms with Crippen molar-refractivity contribution in [1.29, 1.82) is 0 Å². The van der Waals surface area contributed by atoms with Gasteiger partial charge in [-0.15, -0.1) is 12.6 Å². The van der Waals surface area contributed by atoms with E-state index in [1.54, 1.807) is 12.1 Å². The van der Waals surface area contributed by atoms with E-state index in [1.165, 1.54) is 0 Å². The van der Waals surface area contributed by atoms with Crippen LogP contribution in [0.25, 0.3) is 0 Å². The predicted molar refractivity (Wildman–Crippen MR) is 74.9 cm³/mol. The molecule has 2 rings (SSSR count). The van der Waals surface area contributed by atoms with Crippen LogP contribution in [-0.2, 0) is 0 Å². The summed E-state index contributed by atoms with van der Waals surface area (Å²) in [7, 11) is 0. The molecule has 1 fully saturated rings. The van der Waals surface area contributed by atoms with Crippen molar-refractivity contribution in [2.45, 2.75) is 38.5 Å².